The Bertz CT molecular complexity index is 952. The average Bonchev–Trinajstić information content (AvgIpc) is 3.00. The fraction of sp³-hybridized carbons (Fsp3) is 0.318. The molecule has 0 radical (unpaired) electrons. The Balaban J connectivity index is 1.60. The second-order valence-corrected chi connectivity index (χ2v) is 7.79. The molecule has 2 aliphatic rings. The molecule has 7 nitrogen and oxygen atoms in total. The maximum atomic E-state index is 12.8. The third kappa shape index (κ3) is 4.04. The fourth-order valence-electron chi connectivity index (χ4n) is 3.98. The van der Waals surface area contributed by atoms with E-state index in [1.165, 1.54) is 18.6 Å². The molecule has 0 bridgehead atoms. The topological polar surface area (TPSA) is 97.5 Å². The van der Waals surface area contributed by atoms with Gasteiger partial charge in [0.05, 0.1) is 11.1 Å². The number of phenolic OH excluding ortho intramolecular Hbond substituents is 1. The summed E-state index contributed by atoms with van der Waals surface area (Å²) >= 11 is 0. The van der Waals surface area contributed by atoms with Crippen LogP contribution in [0.25, 0.3) is 6.08 Å². The molecule has 0 amide bonds. The smallest absolute Gasteiger partial charge is 0.231 e. The summed E-state index contributed by atoms with van der Waals surface area (Å²) in [6, 6.07) is 9.36. The highest BCUT2D eigenvalue weighted by atomic mass is 16.8. The number of phenols is 1. The minimum atomic E-state index is -1.00. The Kier molecular flexibility index (Phi) is 5.38. The zero-order valence-electron chi connectivity index (χ0n) is 16.2. The Morgan fingerprint density at radius 3 is 2.72 bits per heavy atom. The van der Waals surface area contributed by atoms with E-state index >= 15 is 0 Å². The molecule has 0 aromatic heterocycles. The first-order chi connectivity index (χ1) is 13.9. The number of hydrogen-bond donors (Lipinski definition) is 3. The predicted molar refractivity (Wildman–Crippen MR) is 107 cm³/mol. The molecule has 0 aliphatic carbocycles. The van der Waals surface area contributed by atoms with E-state index < -0.39 is 5.23 Å². The standard InChI is InChI=1S/C22H24N2O5/c1-14-3-2-10-23(12-14)13-18-19(25)9-8-17-21(26)20(29-22(17)18)11-15-4-6-16(7-5-15)24(27)28/h4-9,11,14,24-25,27H,2-3,10,12-13H2,1H3/t14-/m0/s1. The summed E-state index contributed by atoms with van der Waals surface area (Å²) < 4.78 is 5.89. The number of ketones is 1. The van der Waals surface area contributed by atoms with Crippen molar-refractivity contribution < 1.29 is 25.1 Å². The molecule has 3 N–H and O–H groups in total. The molecule has 1 fully saturated rings. The number of carbonyl (C=O) groups excluding carboxylic acids is 1. The van der Waals surface area contributed by atoms with Gasteiger partial charge in [-0.05, 0) is 61.2 Å². The van der Waals surface area contributed by atoms with Crippen LogP contribution in [0, 0.1) is 11.1 Å². The molecule has 152 valence electrons. The fourth-order valence-corrected chi connectivity index (χ4v) is 3.98. The summed E-state index contributed by atoms with van der Waals surface area (Å²) in [7, 11) is 0. The molecule has 0 saturated carbocycles. The number of fused-ring (bicyclic) bond motifs is 1. The maximum Gasteiger partial charge on any atom is 0.231 e. The summed E-state index contributed by atoms with van der Waals surface area (Å²) in [5.41, 5.74) is 1.92. The molecule has 0 spiro atoms. The van der Waals surface area contributed by atoms with Gasteiger partial charge in [0, 0.05) is 25.2 Å². The van der Waals surface area contributed by atoms with Crippen molar-refractivity contribution in [3.05, 3.63) is 64.1 Å². The van der Waals surface area contributed by atoms with E-state index in [4.69, 9.17) is 9.94 Å². The van der Waals surface area contributed by atoms with Gasteiger partial charge < -0.3 is 15.1 Å². The van der Waals surface area contributed by atoms with Crippen LogP contribution < -0.4 is 9.96 Å². The number of likely N-dealkylation sites (tertiary alicyclic amines) is 1. The number of allylic oxidation sites excluding steroid dienone is 1. The molecule has 2 atom stereocenters. The number of quaternary nitrogens is 1. The summed E-state index contributed by atoms with van der Waals surface area (Å²) in [5, 5.41) is 29.4. The van der Waals surface area contributed by atoms with Gasteiger partial charge in [0.25, 0.3) is 0 Å². The molecular formula is C22H24N2O5. The summed E-state index contributed by atoms with van der Waals surface area (Å²) in [4.78, 5) is 15.1. The SMILES string of the molecule is C[C@H]1CCCN(Cc2c(O)ccc3c2OC(=Cc2ccc([NH+]([O-])O)cc2)C3=O)C1. The molecule has 1 unspecified atom stereocenters. The van der Waals surface area contributed by atoms with E-state index in [0.29, 0.717) is 34.9 Å². The van der Waals surface area contributed by atoms with Crippen LogP contribution in [0.1, 0.15) is 41.3 Å². The summed E-state index contributed by atoms with van der Waals surface area (Å²) in [5.74, 6) is 1.08. The molecule has 2 aromatic carbocycles. The number of nitrogens with one attached hydrogen (secondary N) is 1. The minimum absolute atomic E-state index is 0.127. The first-order valence-corrected chi connectivity index (χ1v) is 9.77. The van der Waals surface area contributed by atoms with E-state index in [1.807, 2.05) is 0 Å². The van der Waals surface area contributed by atoms with Crippen molar-refractivity contribution in [2.24, 2.45) is 5.92 Å². The van der Waals surface area contributed by atoms with E-state index in [-0.39, 0.29) is 23.0 Å². The highest BCUT2D eigenvalue weighted by molar-refractivity contribution is 6.15. The van der Waals surface area contributed by atoms with Crippen molar-refractivity contribution in [3.8, 4) is 11.5 Å². The Labute approximate surface area is 169 Å². The van der Waals surface area contributed by atoms with Crippen LogP contribution in [0.3, 0.4) is 0 Å². The second kappa shape index (κ2) is 7.96. The molecule has 2 heterocycles. The minimum Gasteiger partial charge on any atom is -0.595 e. The highest BCUT2D eigenvalue weighted by Gasteiger charge is 2.32. The van der Waals surface area contributed by atoms with Gasteiger partial charge in [-0.25, -0.2) is 5.21 Å². The second-order valence-electron chi connectivity index (χ2n) is 7.79. The molecule has 1 saturated heterocycles. The van der Waals surface area contributed by atoms with Crippen LogP contribution in [0.5, 0.6) is 11.5 Å². The molecule has 29 heavy (non-hydrogen) atoms. The lowest BCUT2D eigenvalue weighted by Gasteiger charge is -2.31. The van der Waals surface area contributed by atoms with Crippen LogP contribution in [0.4, 0.5) is 5.69 Å². The normalized spacial score (nSPS) is 21.8. The molecule has 2 aromatic rings. The van der Waals surface area contributed by atoms with Crippen LogP contribution in [0.15, 0.2) is 42.2 Å². The van der Waals surface area contributed by atoms with Crippen molar-refractivity contribution >= 4 is 17.5 Å². The van der Waals surface area contributed by atoms with Crippen molar-refractivity contribution in [1.29, 1.82) is 0 Å². The first kappa shape index (κ1) is 19.6. The number of hydrogen-bond acceptors (Lipinski definition) is 6. The van der Waals surface area contributed by atoms with Gasteiger partial charge in [-0.2, -0.15) is 5.23 Å². The van der Waals surface area contributed by atoms with E-state index in [9.17, 15) is 15.1 Å². The number of benzene rings is 2. The van der Waals surface area contributed by atoms with Crippen LogP contribution >= 0.6 is 0 Å². The van der Waals surface area contributed by atoms with Crippen LogP contribution in [-0.4, -0.2) is 34.1 Å². The van der Waals surface area contributed by atoms with Crippen LogP contribution in [0.2, 0.25) is 0 Å². The third-order valence-corrected chi connectivity index (χ3v) is 5.49. The van der Waals surface area contributed by atoms with E-state index in [2.05, 4.69) is 11.8 Å². The molecule has 4 rings (SSSR count). The molecule has 2 aliphatic heterocycles. The molecular weight excluding hydrogens is 372 g/mol. The Morgan fingerprint density at radius 2 is 2.03 bits per heavy atom. The average molecular weight is 396 g/mol. The van der Waals surface area contributed by atoms with Crippen molar-refractivity contribution in [3.63, 3.8) is 0 Å². The van der Waals surface area contributed by atoms with Gasteiger partial charge in [-0.3, -0.25) is 9.69 Å². The lowest BCUT2D eigenvalue weighted by atomic mass is 9.99. The number of ether oxygens (including phenoxy) is 1. The number of aromatic hydroxyl groups is 1. The largest absolute Gasteiger partial charge is 0.595 e. The zero-order valence-corrected chi connectivity index (χ0v) is 16.2. The monoisotopic (exact) mass is 396 g/mol. The van der Waals surface area contributed by atoms with Gasteiger partial charge in [-0.1, -0.05) is 6.92 Å². The van der Waals surface area contributed by atoms with Crippen molar-refractivity contribution in [2.45, 2.75) is 26.3 Å². The van der Waals surface area contributed by atoms with Crippen LogP contribution in [-0.2, 0) is 6.54 Å². The number of piperidine rings is 1. The lowest BCUT2D eigenvalue weighted by molar-refractivity contribution is -0.991. The zero-order chi connectivity index (χ0) is 20.5. The lowest BCUT2D eigenvalue weighted by Crippen LogP contribution is -2.99. The van der Waals surface area contributed by atoms with Gasteiger partial charge in [-0.15, -0.1) is 0 Å². The van der Waals surface area contributed by atoms with Crippen molar-refractivity contribution in [2.75, 3.05) is 13.1 Å². The van der Waals surface area contributed by atoms with E-state index in [1.54, 1.807) is 30.3 Å². The summed E-state index contributed by atoms with van der Waals surface area (Å²) in [6.07, 6.45) is 3.92. The number of Topliss-reactive ketones (excluding diaryl/α,β-unsaturated/α-hetero) is 1. The van der Waals surface area contributed by atoms with E-state index in [0.717, 1.165) is 19.5 Å². The maximum absolute atomic E-state index is 12.8. The number of nitrogens with zero attached hydrogens (tertiary/aromatic N) is 1. The van der Waals surface area contributed by atoms with Gasteiger partial charge in [0.2, 0.25) is 5.78 Å². The van der Waals surface area contributed by atoms with Gasteiger partial charge in [0.15, 0.2) is 11.4 Å². The predicted octanol–water partition coefficient (Wildman–Crippen LogP) is 2.64. The Hall–Kier alpha value is -2.71. The van der Waals surface area contributed by atoms with Gasteiger partial charge >= 0.3 is 0 Å². The Morgan fingerprint density at radius 1 is 1.28 bits per heavy atom. The quantitative estimate of drug-likeness (QED) is 0.543. The highest BCUT2D eigenvalue weighted by Crippen LogP contribution is 2.40. The van der Waals surface area contributed by atoms with Gasteiger partial charge in [0.1, 0.15) is 11.5 Å². The molecule has 7 heteroatoms. The number of rotatable bonds is 4. The first-order valence-electron chi connectivity index (χ1n) is 9.77. The van der Waals surface area contributed by atoms with Crippen molar-refractivity contribution in [1.82, 2.24) is 4.90 Å². The summed E-state index contributed by atoms with van der Waals surface area (Å²) in [6.45, 7) is 4.67. The number of carbonyl (C=O) groups is 1. The third-order valence-electron chi connectivity index (χ3n) is 5.49.